The van der Waals surface area contributed by atoms with Crippen LogP contribution in [0.15, 0.2) is 42.5 Å². The van der Waals surface area contributed by atoms with E-state index in [0.29, 0.717) is 25.2 Å². The third kappa shape index (κ3) is 3.59. The minimum Gasteiger partial charge on any atom is -0.335 e. The summed E-state index contributed by atoms with van der Waals surface area (Å²) < 4.78 is 13.1. The van der Waals surface area contributed by atoms with Gasteiger partial charge < -0.3 is 10.2 Å². The average molecular weight is 352 g/mol. The number of amides is 2. The topological polar surface area (TPSA) is 58.1 Å². The number of halogens is 1. The van der Waals surface area contributed by atoms with Crippen molar-refractivity contribution >= 4 is 6.03 Å². The van der Waals surface area contributed by atoms with E-state index in [2.05, 4.69) is 27.7 Å². The highest BCUT2D eigenvalue weighted by Crippen LogP contribution is 2.23. The molecule has 2 amide bonds. The van der Waals surface area contributed by atoms with Gasteiger partial charge in [-0.15, -0.1) is 0 Å². The molecule has 1 aliphatic heterocycles. The number of urea groups is 1. The molecule has 0 bridgehead atoms. The van der Waals surface area contributed by atoms with Gasteiger partial charge >= 0.3 is 6.03 Å². The number of nitrogens with zero attached hydrogens (tertiary/aromatic N) is 3. The third-order valence-electron chi connectivity index (χ3n) is 4.96. The van der Waals surface area contributed by atoms with Crippen LogP contribution in [-0.2, 0) is 13.0 Å². The maximum absolute atomic E-state index is 13.1. The Labute approximate surface area is 151 Å². The second-order valence-corrected chi connectivity index (χ2v) is 6.81. The highest BCUT2D eigenvalue weighted by molar-refractivity contribution is 5.75. The SMILES string of the molecule is O=C(NC1CC=CCC1)N1CCc2nnc(-c3ccc(F)cc3)cc2C1. The summed E-state index contributed by atoms with van der Waals surface area (Å²) in [6, 6.07) is 8.36. The summed E-state index contributed by atoms with van der Waals surface area (Å²) in [5.41, 5.74) is 3.45. The first-order chi connectivity index (χ1) is 12.7. The average Bonchev–Trinajstić information content (AvgIpc) is 2.68. The molecule has 2 aliphatic rings. The monoisotopic (exact) mass is 352 g/mol. The van der Waals surface area contributed by atoms with Crippen LogP contribution in [0.3, 0.4) is 0 Å². The highest BCUT2D eigenvalue weighted by atomic mass is 19.1. The molecule has 5 nitrogen and oxygen atoms in total. The van der Waals surface area contributed by atoms with E-state index in [1.54, 1.807) is 12.1 Å². The second-order valence-electron chi connectivity index (χ2n) is 6.81. The molecule has 6 heteroatoms. The van der Waals surface area contributed by atoms with E-state index in [0.717, 1.165) is 36.1 Å². The zero-order chi connectivity index (χ0) is 17.9. The summed E-state index contributed by atoms with van der Waals surface area (Å²) >= 11 is 0. The summed E-state index contributed by atoms with van der Waals surface area (Å²) in [5.74, 6) is -0.278. The van der Waals surface area contributed by atoms with Crippen LogP contribution in [0.2, 0.25) is 0 Å². The molecule has 26 heavy (non-hydrogen) atoms. The molecule has 1 aromatic carbocycles. The molecule has 0 saturated heterocycles. The van der Waals surface area contributed by atoms with Crippen molar-refractivity contribution in [1.29, 1.82) is 0 Å². The highest BCUT2D eigenvalue weighted by Gasteiger charge is 2.24. The van der Waals surface area contributed by atoms with E-state index in [-0.39, 0.29) is 17.9 Å². The third-order valence-corrected chi connectivity index (χ3v) is 4.96. The summed E-state index contributed by atoms with van der Waals surface area (Å²) in [7, 11) is 0. The first kappa shape index (κ1) is 16.7. The van der Waals surface area contributed by atoms with E-state index < -0.39 is 0 Å². The molecular formula is C20H21FN4O. The molecule has 1 aromatic heterocycles. The van der Waals surface area contributed by atoms with Gasteiger partial charge in [0.2, 0.25) is 0 Å². The number of rotatable bonds is 2. The summed E-state index contributed by atoms with van der Waals surface area (Å²) in [6.07, 6.45) is 7.90. The molecule has 1 atom stereocenters. The number of allylic oxidation sites excluding steroid dienone is 1. The summed E-state index contributed by atoms with van der Waals surface area (Å²) in [4.78, 5) is 14.4. The predicted octanol–water partition coefficient (Wildman–Crippen LogP) is 3.46. The van der Waals surface area contributed by atoms with Crippen LogP contribution in [0.25, 0.3) is 11.3 Å². The van der Waals surface area contributed by atoms with Crippen molar-refractivity contribution in [2.45, 2.75) is 38.3 Å². The number of hydrogen-bond donors (Lipinski definition) is 1. The van der Waals surface area contributed by atoms with E-state index in [1.165, 1.54) is 12.1 Å². The summed E-state index contributed by atoms with van der Waals surface area (Å²) in [5, 5.41) is 11.7. The van der Waals surface area contributed by atoms with Crippen molar-refractivity contribution in [2.75, 3.05) is 6.54 Å². The Morgan fingerprint density at radius 1 is 1.19 bits per heavy atom. The van der Waals surface area contributed by atoms with Crippen molar-refractivity contribution in [3.05, 3.63) is 59.6 Å². The Kier molecular flexibility index (Phi) is 4.65. The predicted molar refractivity (Wildman–Crippen MR) is 96.9 cm³/mol. The molecule has 1 N–H and O–H groups in total. The largest absolute Gasteiger partial charge is 0.335 e. The van der Waals surface area contributed by atoms with Crippen LogP contribution < -0.4 is 5.32 Å². The minimum absolute atomic E-state index is 0.0175. The van der Waals surface area contributed by atoms with Gasteiger partial charge in [0.15, 0.2) is 0 Å². The molecule has 2 heterocycles. The fourth-order valence-corrected chi connectivity index (χ4v) is 3.45. The van der Waals surface area contributed by atoms with Gasteiger partial charge in [-0.3, -0.25) is 0 Å². The fraction of sp³-hybridized carbons (Fsp3) is 0.350. The Bertz CT molecular complexity index is 834. The van der Waals surface area contributed by atoms with Crippen LogP contribution in [0.1, 0.15) is 30.5 Å². The van der Waals surface area contributed by atoms with Crippen LogP contribution in [-0.4, -0.2) is 33.7 Å². The number of hydrogen-bond acceptors (Lipinski definition) is 3. The van der Waals surface area contributed by atoms with Gasteiger partial charge in [-0.2, -0.15) is 10.2 Å². The van der Waals surface area contributed by atoms with Gasteiger partial charge in [-0.05, 0) is 55.2 Å². The molecule has 2 aromatic rings. The lowest BCUT2D eigenvalue weighted by Crippen LogP contribution is -2.47. The van der Waals surface area contributed by atoms with Gasteiger partial charge in [0, 0.05) is 31.1 Å². The van der Waals surface area contributed by atoms with Gasteiger partial charge in [0.25, 0.3) is 0 Å². The van der Waals surface area contributed by atoms with Crippen LogP contribution >= 0.6 is 0 Å². The number of aromatic nitrogens is 2. The number of carbonyl (C=O) groups is 1. The quantitative estimate of drug-likeness (QED) is 0.842. The lowest BCUT2D eigenvalue weighted by Gasteiger charge is -2.30. The van der Waals surface area contributed by atoms with E-state index in [1.807, 2.05) is 11.0 Å². The molecular weight excluding hydrogens is 331 g/mol. The normalized spacial score (nSPS) is 19.1. The van der Waals surface area contributed by atoms with Crippen molar-refractivity contribution in [2.24, 2.45) is 0 Å². The zero-order valence-electron chi connectivity index (χ0n) is 14.5. The van der Waals surface area contributed by atoms with Crippen LogP contribution in [0.5, 0.6) is 0 Å². The van der Waals surface area contributed by atoms with Crippen molar-refractivity contribution < 1.29 is 9.18 Å². The van der Waals surface area contributed by atoms with Crippen molar-refractivity contribution in [3.63, 3.8) is 0 Å². The number of fused-ring (bicyclic) bond motifs is 1. The number of nitrogens with one attached hydrogen (secondary N) is 1. The molecule has 0 saturated carbocycles. The van der Waals surface area contributed by atoms with E-state index >= 15 is 0 Å². The van der Waals surface area contributed by atoms with Gasteiger partial charge in [0.1, 0.15) is 5.82 Å². The minimum atomic E-state index is -0.278. The molecule has 4 rings (SSSR count). The molecule has 0 radical (unpaired) electrons. The Morgan fingerprint density at radius 2 is 2.04 bits per heavy atom. The van der Waals surface area contributed by atoms with Crippen molar-refractivity contribution in [1.82, 2.24) is 20.4 Å². The zero-order valence-corrected chi connectivity index (χ0v) is 14.5. The van der Waals surface area contributed by atoms with E-state index in [9.17, 15) is 9.18 Å². The number of carbonyl (C=O) groups excluding carboxylic acids is 1. The molecule has 134 valence electrons. The second kappa shape index (κ2) is 7.23. The van der Waals surface area contributed by atoms with Crippen LogP contribution in [0.4, 0.5) is 9.18 Å². The lowest BCUT2D eigenvalue weighted by atomic mass is 10.0. The summed E-state index contributed by atoms with van der Waals surface area (Å²) in [6.45, 7) is 1.17. The Hall–Kier alpha value is -2.76. The number of benzene rings is 1. The smallest absolute Gasteiger partial charge is 0.317 e. The van der Waals surface area contributed by atoms with Crippen LogP contribution in [0, 0.1) is 5.82 Å². The van der Waals surface area contributed by atoms with Gasteiger partial charge in [-0.1, -0.05) is 12.2 Å². The maximum atomic E-state index is 13.1. The first-order valence-corrected chi connectivity index (χ1v) is 9.01. The van der Waals surface area contributed by atoms with Crippen molar-refractivity contribution in [3.8, 4) is 11.3 Å². The lowest BCUT2D eigenvalue weighted by molar-refractivity contribution is 0.186. The molecule has 0 fully saturated rings. The standard InChI is InChI=1S/C20H21FN4O/c21-16-8-6-14(7-9-16)19-12-15-13-25(11-10-18(15)23-24-19)20(26)22-17-4-2-1-3-5-17/h1-2,6-9,12,17H,3-5,10-11,13H2,(H,22,26). The Morgan fingerprint density at radius 3 is 2.81 bits per heavy atom. The Balaban J connectivity index is 1.48. The maximum Gasteiger partial charge on any atom is 0.317 e. The van der Waals surface area contributed by atoms with Gasteiger partial charge in [0.05, 0.1) is 11.4 Å². The first-order valence-electron chi connectivity index (χ1n) is 9.01. The fourth-order valence-electron chi connectivity index (χ4n) is 3.45. The molecule has 1 aliphatic carbocycles. The molecule has 0 spiro atoms. The molecule has 1 unspecified atom stereocenters. The van der Waals surface area contributed by atoms with Gasteiger partial charge in [-0.25, -0.2) is 9.18 Å². The van der Waals surface area contributed by atoms with E-state index in [4.69, 9.17) is 0 Å².